The number of aryl methyl sites for hydroxylation is 1. The minimum Gasteiger partial charge on any atom is -0.446 e. The number of aromatic nitrogens is 1. The molecular formula is C20H23BrN4O4S. The van der Waals surface area contributed by atoms with Crippen LogP contribution in [0.5, 0.6) is 0 Å². The minimum absolute atomic E-state index is 0.151. The molecule has 2 atom stereocenters. The molecule has 10 heteroatoms. The van der Waals surface area contributed by atoms with Gasteiger partial charge in [0, 0.05) is 36.4 Å². The molecule has 30 heavy (non-hydrogen) atoms. The van der Waals surface area contributed by atoms with Crippen LogP contribution in [0.3, 0.4) is 0 Å². The van der Waals surface area contributed by atoms with Gasteiger partial charge >= 0.3 is 0 Å². The van der Waals surface area contributed by atoms with Crippen molar-refractivity contribution in [1.29, 1.82) is 5.26 Å². The van der Waals surface area contributed by atoms with Crippen LogP contribution >= 0.6 is 15.9 Å². The normalized spacial score (nSPS) is 21.9. The molecule has 0 amide bonds. The Balaban J connectivity index is 1.65. The summed E-state index contributed by atoms with van der Waals surface area (Å²) in [6.07, 6.45) is 4.79. The highest BCUT2D eigenvalue weighted by atomic mass is 79.9. The zero-order chi connectivity index (χ0) is 21.3. The summed E-state index contributed by atoms with van der Waals surface area (Å²) in [5, 5.41) is 12.6. The van der Waals surface area contributed by atoms with E-state index in [9.17, 15) is 13.7 Å². The summed E-state index contributed by atoms with van der Waals surface area (Å²) >= 11 is 3.35. The van der Waals surface area contributed by atoms with Crippen LogP contribution in [0.1, 0.15) is 36.5 Å². The predicted octanol–water partition coefficient (Wildman–Crippen LogP) is 3.21. The topological polar surface area (TPSA) is 108 Å². The van der Waals surface area contributed by atoms with E-state index in [1.54, 1.807) is 23.5 Å². The number of nitrogens with zero attached hydrogens (tertiary/aromatic N) is 3. The van der Waals surface area contributed by atoms with Gasteiger partial charge in [-0.1, -0.05) is 6.42 Å². The fourth-order valence-corrected chi connectivity index (χ4v) is 6.74. The summed E-state index contributed by atoms with van der Waals surface area (Å²) < 4.78 is 40.6. The van der Waals surface area contributed by atoms with Gasteiger partial charge in [-0.15, -0.1) is 0 Å². The van der Waals surface area contributed by atoms with Gasteiger partial charge in [-0.25, -0.2) is 13.4 Å². The van der Waals surface area contributed by atoms with Crippen molar-refractivity contribution in [3.8, 4) is 6.07 Å². The van der Waals surface area contributed by atoms with Gasteiger partial charge in [0.25, 0.3) is 0 Å². The van der Waals surface area contributed by atoms with Crippen molar-refractivity contribution in [3.05, 3.63) is 40.0 Å². The third-order valence-corrected chi connectivity index (χ3v) is 8.22. The van der Waals surface area contributed by atoms with Gasteiger partial charge in [0.05, 0.1) is 30.7 Å². The van der Waals surface area contributed by atoms with Crippen molar-refractivity contribution in [1.82, 2.24) is 9.29 Å². The van der Waals surface area contributed by atoms with Crippen molar-refractivity contribution in [2.75, 3.05) is 25.1 Å². The van der Waals surface area contributed by atoms with Gasteiger partial charge in [-0.3, -0.25) is 0 Å². The average molecular weight is 495 g/mol. The van der Waals surface area contributed by atoms with Crippen molar-refractivity contribution < 1.29 is 17.6 Å². The second-order valence-corrected chi connectivity index (χ2v) is 10.2. The van der Waals surface area contributed by atoms with E-state index >= 15 is 0 Å². The Morgan fingerprint density at radius 3 is 2.70 bits per heavy atom. The van der Waals surface area contributed by atoms with Gasteiger partial charge in [0.15, 0.2) is 5.89 Å². The number of rotatable bonds is 6. The second kappa shape index (κ2) is 8.67. The molecule has 4 rings (SSSR count). The number of hydrogen-bond donors (Lipinski definition) is 1. The fourth-order valence-electron chi connectivity index (χ4n) is 4.14. The number of fused-ring (bicyclic) bond motifs is 2. The number of halogens is 1. The molecule has 2 bridgehead atoms. The van der Waals surface area contributed by atoms with Gasteiger partial charge in [-0.2, -0.15) is 9.57 Å². The molecule has 160 valence electrons. The van der Waals surface area contributed by atoms with Crippen molar-refractivity contribution in [2.45, 2.75) is 49.6 Å². The van der Waals surface area contributed by atoms with E-state index in [0.29, 0.717) is 53.6 Å². The zero-order valence-corrected chi connectivity index (χ0v) is 19.0. The number of oxazole rings is 1. The van der Waals surface area contributed by atoms with Crippen molar-refractivity contribution in [2.24, 2.45) is 0 Å². The van der Waals surface area contributed by atoms with Crippen LogP contribution in [0.15, 0.2) is 32.1 Å². The third kappa shape index (κ3) is 4.12. The van der Waals surface area contributed by atoms with Crippen LogP contribution in [0.2, 0.25) is 0 Å². The van der Waals surface area contributed by atoms with E-state index < -0.39 is 10.0 Å². The lowest BCUT2D eigenvalue weighted by Crippen LogP contribution is -2.57. The maximum absolute atomic E-state index is 13.7. The van der Waals surface area contributed by atoms with Crippen LogP contribution < -0.4 is 5.32 Å². The monoisotopic (exact) mass is 494 g/mol. The number of piperidine rings is 1. The van der Waals surface area contributed by atoms with E-state index in [1.807, 2.05) is 0 Å². The maximum Gasteiger partial charge on any atom is 0.245 e. The van der Waals surface area contributed by atoms with Gasteiger partial charge in [0.1, 0.15) is 16.7 Å². The summed E-state index contributed by atoms with van der Waals surface area (Å²) in [5.74, 6) is 1.30. The van der Waals surface area contributed by atoms with Crippen molar-refractivity contribution >= 4 is 31.6 Å². The molecule has 8 nitrogen and oxygen atoms in total. The van der Waals surface area contributed by atoms with Gasteiger partial charge in [-0.05, 0) is 40.9 Å². The van der Waals surface area contributed by atoms with E-state index in [0.717, 1.165) is 19.3 Å². The Bertz CT molecular complexity index is 1060. The molecule has 2 aliphatic rings. The number of ether oxygens (including phenoxy) is 1. The standard InChI is InChI=1S/C20H23BrN4O4S/c1-13-24-10-17(29-13)5-6-23-19-7-14(9-22)18(21)8-20(19)30(26,27)25-15-3-2-4-16(25)12-28-11-15/h7-8,10,15-16,23H,2-6,11-12H2,1H3. The highest BCUT2D eigenvalue weighted by Crippen LogP contribution is 2.37. The Hall–Kier alpha value is -1.93. The number of morpholine rings is 1. The lowest BCUT2D eigenvalue weighted by molar-refractivity contribution is -0.0297. The molecule has 1 aromatic carbocycles. The molecule has 2 saturated heterocycles. The smallest absolute Gasteiger partial charge is 0.245 e. The molecule has 0 saturated carbocycles. The largest absolute Gasteiger partial charge is 0.446 e. The second-order valence-electron chi connectivity index (χ2n) is 7.57. The number of hydrogen-bond acceptors (Lipinski definition) is 7. The lowest BCUT2D eigenvalue weighted by atomic mass is 9.98. The number of nitriles is 1. The number of anilines is 1. The van der Waals surface area contributed by atoms with Crippen LogP contribution in [0.4, 0.5) is 5.69 Å². The first-order chi connectivity index (χ1) is 14.4. The molecule has 2 aliphatic heterocycles. The predicted molar refractivity (Wildman–Crippen MR) is 114 cm³/mol. The van der Waals surface area contributed by atoms with Gasteiger partial charge in [0.2, 0.25) is 10.0 Å². The Morgan fingerprint density at radius 1 is 1.33 bits per heavy atom. The van der Waals surface area contributed by atoms with Crippen LogP contribution in [0.25, 0.3) is 0 Å². The molecular weight excluding hydrogens is 472 g/mol. The lowest BCUT2D eigenvalue weighted by Gasteiger charge is -2.44. The van der Waals surface area contributed by atoms with Crippen LogP contribution in [-0.4, -0.2) is 49.5 Å². The Morgan fingerprint density at radius 2 is 2.07 bits per heavy atom. The summed E-state index contributed by atoms with van der Waals surface area (Å²) in [5.41, 5.74) is 0.782. The summed E-state index contributed by atoms with van der Waals surface area (Å²) in [6.45, 7) is 3.05. The van der Waals surface area contributed by atoms with Gasteiger partial charge < -0.3 is 14.5 Å². The summed E-state index contributed by atoms with van der Waals surface area (Å²) in [7, 11) is -3.77. The quantitative estimate of drug-likeness (QED) is 0.656. The molecule has 0 radical (unpaired) electrons. The molecule has 2 aromatic rings. The van der Waals surface area contributed by atoms with Crippen molar-refractivity contribution in [3.63, 3.8) is 0 Å². The van der Waals surface area contributed by atoms with E-state index in [4.69, 9.17) is 9.15 Å². The van der Waals surface area contributed by atoms with Crippen LogP contribution in [0, 0.1) is 18.3 Å². The molecule has 0 spiro atoms. The first-order valence-corrected chi connectivity index (χ1v) is 12.1. The molecule has 0 aliphatic carbocycles. The first-order valence-electron chi connectivity index (χ1n) is 9.90. The highest BCUT2D eigenvalue weighted by molar-refractivity contribution is 9.10. The summed E-state index contributed by atoms with van der Waals surface area (Å²) in [4.78, 5) is 4.24. The zero-order valence-electron chi connectivity index (χ0n) is 16.6. The molecule has 2 fully saturated rings. The van der Waals surface area contributed by atoms with E-state index in [2.05, 4.69) is 32.3 Å². The Kier molecular flexibility index (Phi) is 6.16. The first kappa shape index (κ1) is 21.3. The SMILES string of the molecule is Cc1ncc(CCNc2cc(C#N)c(Br)cc2S(=O)(=O)N2C3CCCC2COC3)o1. The third-order valence-electron chi connectivity index (χ3n) is 5.52. The fraction of sp³-hybridized carbons (Fsp3) is 0.500. The van der Waals surface area contributed by atoms with E-state index in [1.165, 1.54) is 6.07 Å². The molecule has 1 aromatic heterocycles. The minimum atomic E-state index is -3.77. The summed E-state index contributed by atoms with van der Waals surface area (Å²) in [6, 6.07) is 4.91. The maximum atomic E-state index is 13.7. The molecule has 3 heterocycles. The number of benzene rings is 1. The molecule has 2 unspecified atom stereocenters. The van der Waals surface area contributed by atoms with E-state index in [-0.39, 0.29) is 17.0 Å². The number of sulfonamides is 1. The number of nitrogens with one attached hydrogen (secondary N) is 1. The van der Waals surface area contributed by atoms with Crippen LogP contribution in [-0.2, 0) is 21.2 Å². The average Bonchev–Trinajstić information content (AvgIpc) is 3.13. The highest BCUT2D eigenvalue weighted by Gasteiger charge is 2.43. The Labute approximate surface area is 184 Å². The molecule has 1 N–H and O–H groups in total.